The molecule has 0 aromatic heterocycles. The van der Waals surface area contributed by atoms with E-state index in [2.05, 4.69) is 10.6 Å². The summed E-state index contributed by atoms with van der Waals surface area (Å²) in [6.07, 6.45) is 0. The molecule has 7 nitrogen and oxygen atoms in total. The SMILES string of the molecule is COc1ccccc1N1C(=O)[C@H]2[C@H](C)N[C@]3(C(=O)Nc4ccccc43)[C@@H]2C1=O. The summed E-state index contributed by atoms with van der Waals surface area (Å²) >= 11 is 0. The van der Waals surface area contributed by atoms with E-state index in [1.54, 1.807) is 30.3 Å². The fraction of sp³-hybridized carbons (Fsp3) is 0.286. The van der Waals surface area contributed by atoms with E-state index in [-0.39, 0.29) is 23.8 Å². The lowest BCUT2D eigenvalue weighted by Crippen LogP contribution is -2.53. The second-order valence-electron chi connectivity index (χ2n) is 7.43. The summed E-state index contributed by atoms with van der Waals surface area (Å²) in [5.74, 6) is -2.00. The van der Waals surface area contributed by atoms with Crippen LogP contribution < -0.4 is 20.3 Å². The second-order valence-corrected chi connectivity index (χ2v) is 7.43. The summed E-state index contributed by atoms with van der Waals surface area (Å²) in [6.45, 7) is 1.84. The smallest absolute Gasteiger partial charge is 0.250 e. The first-order valence-corrected chi connectivity index (χ1v) is 9.20. The number of para-hydroxylation sites is 3. The van der Waals surface area contributed by atoms with Gasteiger partial charge in [-0.3, -0.25) is 19.7 Å². The fourth-order valence-corrected chi connectivity index (χ4v) is 4.97. The predicted molar refractivity (Wildman–Crippen MR) is 102 cm³/mol. The van der Waals surface area contributed by atoms with Crippen molar-refractivity contribution in [2.75, 3.05) is 17.3 Å². The van der Waals surface area contributed by atoms with Crippen molar-refractivity contribution in [2.45, 2.75) is 18.5 Å². The zero-order valence-electron chi connectivity index (χ0n) is 15.4. The van der Waals surface area contributed by atoms with Crippen LogP contribution in [0.15, 0.2) is 48.5 Å². The third-order valence-electron chi connectivity index (χ3n) is 6.10. The molecule has 3 aliphatic heterocycles. The number of carbonyl (C=O) groups excluding carboxylic acids is 3. The van der Waals surface area contributed by atoms with E-state index >= 15 is 0 Å². The van der Waals surface area contributed by atoms with Crippen molar-refractivity contribution in [3.63, 3.8) is 0 Å². The normalized spacial score (nSPS) is 30.6. The topological polar surface area (TPSA) is 87.7 Å². The number of ether oxygens (including phenoxy) is 1. The van der Waals surface area contributed by atoms with Crippen LogP contribution >= 0.6 is 0 Å². The number of benzene rings is 2. The first-order chi connectivity index (χ1) is 13.5. The average molecular weight is 377 g/mol. The van der Waals surface area contributed by atoms with Gasteiger partial charge in [0.05, 0.1) is 24.6 Å². The van der Waals surface area contributed by atoms with Crippen molar-refractivity contribution in [1.29, 1.82) is 0 Å². The average Bonchev–Trinajstić information content (AvgIpc) is 3.26. The van der Waals surface area contributed by atoms with E-state index in [0.29, 0.717) is 22.7 Å². The molecule has 5 rings (SSSR count). The Morgan fingerprint density at radius 3 is 2.50 bits per heavy atom. The van der Waals surface area contributed by atoms with E-state index in [1.807, 2.05) is 25.1 Å². The minimum Gasteiger partial charge on any atom is -0.495 e. The Hall–Kier alpha value is -3.19. The standard InChI is InChI=1S/C21H19N3O4/c1-11-16-17(21(23-11)12-7-3-4-8-13(12)22-20(21)27)19(26)24(18(16)25)14-9-5-6-10-15(14)28-2/h3-11,16-17,23H,1-2H3,(H,22,27)/t11-,16-,17-,21-/m0/s1. The minimum atomic E-state index is -1.25. The molecule has 0 unspecified atom stereocenters. The van der Waals surface area contributed by atoms with Crippen LogP contribution in [0.4, 0.5) is 11.4 Å². The van der Waals surface area contributed by atoms with Gasteiger partial charge < -0.3 is 10.1 Å². The largest absolute Gasteiger partial charge is 0.495 e. The van der Waals surface area contributed by atoms with Crippen LogP contribution in [0, 0.1) is 11.8 Å². The van der Waals surface area contributed by atoms with Crippen LogP contribution in [0.3, 0.4) is 0 Å². The molecule has 3 amide bonds. The molecule has 0 aliphatic carbocycles. The van der Waals surface area contributed by atoms with Crippen molar-refractivity contribution in [2.24, 2.45) is 11.8 Å². The van der Waals surface area contributed by atoms with Gasteiger partial charge in [-0.1, -0.05) is 30.3 Å². The number of fused-ring (bicyclic) bond motifs is 4. The molecule has 0 radical (unpaired) electrons. The highest BCUT2D eigenvalue weighted by Gasteiger charge is 2.70. The number of rotatable bonds is 2. The number of hydrogen-bond acceptors (Lipinski definition) is 5. The number of amides is 3. The lowest BCUT2D eigenvalue weighted by molar-refractivity contribution is -0.130. The number of hydrogen-bond donors (Lipinski definition) is 2. The van der Waals surface area contributed by atoms with Gasteiger partial charge in [-0.2, -0.15) is 0 Å². The van der Waals surface area contributed by atoms with Crippen LogP contribution in [0.25, 0.3) is 0 Å². The molecule has 2 aromatic carbocycles. The Bertz CT molecular complexity index is 1040. The minimum absolute atomic E-state index is 0.295. The van der Waals surface area contributed by atoms with Gasteiger partial charge in [0.25, 0.3) is 0 Å². The number of carbonyl (C=O) groups is 3. The monoisotopic (exact) mass is 377 g/mol. The van der Waals surface area contributed by atoms with Gasteiger partial charge in [0, 0.05) is 17.3 Å². The lowest BCUT2D eigenvalue weighted by atomic mass is 9.76. The van der Waals surface area contributed by atoms with Gasteiger partial charge in [-0.05, 0) is 25.1 Å². The molecule has 142 valence electrons. The van der Waals surface area contributed by atoms with E-state index < -0.39 is 17.4 Å². The number of methoxy groups -OCH3 is 1. The maximum Gasteiger partial charge on any atom is 0.250 e. The molecule has 1 spiro atoms. The molecule has 4 atom stereocenters. The Labute approximate surface area is 161 Å². The molecule has 28 heavy (non-hydrogen) atoms. The third-order valence-corrected chi connectivity index (χ3v) is 6.10. The number of nitrogens with one attached hydrogen (secondary N) is 2. The summed E-state index contributed by atoms with van der Waals surface area (Å²) in [5, 5.41) is 6.15. The van der Waals surface area contributed by atoms with E-state index in [9.17, 15) is 14.4 Å². The quantitative estimate of drug-likeness (QED) is 0.777. The zero-order valence-corrected chi connectivity index (χ0v) is 15.4. The summed E-state index contributed by atoms with van der Waals surface area (Å²) in [5.41, 5.74) is 0.541. The number of imide groups is 1. The third kappa shape index (κ3) is 1.89. The summed E-state index contributed by atoms with van der Waals surface area (Å²) < 4.78 is 5.36. The molecular weight excluding hydrogens is 358 g/mol. The molecule has 3 aliphatic rings. The van der Waals surface area contributed by atoms with Gasteiger partial charge in [0.15, 0.2) is 0 Å². The number of anilines is 2. The van der Waals surface area contributed by atoms with Crippen molar-refractivity contribution in [3.8, 4) is 5.75 Å². The highest BCUT2D eigenvalue weighted by Crippen LogP contribution is 2.53. The predicted octanol–water partition coefficient (Wildman–Crippen LogP) is 1.64. The molecule has 2 N–H and O–H groups in total. The van der Waals surface area contributed by atoms with Crippen LogP contribution in [-0.2, 0) is 19.9 Å². The van der Waals surface area contributed by atoms with E-state index in [4.69, 9.17) is 4.74 Å². The van der Waals surface area contributed by atoms with Crippen molar-refractivity contribution in [3.05, 3.63) is 54.1 Å². The zero-order chi connectivity index (χ0) is 19.6. The van der Waals surface area contributed by atoms with Crippen LogP contribution in [0.2, 0.25) is 0 Å². The Morgan fingerprint density at radius 2 is 1.71 bits per heavy atom. The van der Waals surface area contributed by atoms with Gasteiger partial charge in [0.2, 0.25) is 17.7 Å². The lowest BCUT2D eigenvalue weighted by Gasteiger charge is -2.29. The molecule has 0 bridgehead atoms. The van der Waals surface area contributed by atoms with Crippen molar-refractivity contribution in [1.82, 2.24) is 5.32 Å². The first kappa shape index (κ1) is 16.9. The molecular formula is C21H19N3O4. The molecule has 2 fully saturated rings. The van der Waals surface area contributed by atoms with Gasteiger partial charge in [0.1, 0.15) is 11.3 Å². The maximum atomic E-state index is 13.6. The maximum absolute atomic E-state index is 13.6. The van der Waals surface area contributed by atoms with E-state index in [0.717, 1.165) is 0 Å². The molecule has 3 heterocycles. The summed E-state index contributed by atoms with van der Waals surface area (Å²) in [6, 6.07) is 13.9. The highest BCUT2D eigenvalue weighted by atomic mass is 16.5. The summed E-state index contributed by atoms with van der Waals surface area (Å²) in [4.78, 5) is 41.1. The first-order valence-electron chi connectivity index (χ1n) is 9.20. The molecule has 0 saturated carbocycles. The van der Waals surface area contributed by atoms with Gasteiger partial charge in [-0.15, -0.1) is 0 Å². The molecule has 7 heteroatoms. The number of nitrogens with zero attached hydrogens (tertiary/aromatic N) is 1. The van der Waals surface area contributed by atoms with Crippen LogP contribution in [0.5, 0.6) is 5.75 Å². The Balaban J connectivity index is 1.68. The van der Waals surface area contributed by atoms with Crippen molar-refractivity contribution >= 4 is 29.1 Å². The van der Waals surface area contributed by atoms with Crippen molar-refractivity contribution < 1.29 is 19.1 Å². The van der Waals surface area contributed by atoms with Crippen LogP contribution in [-0.4, -0.2) is 30.9 Å². The van der Waals surface area contributed by atoms with E-state index in [1.165, 1.54) is 12.0 Å². The molecule has 2 aromatic rings. The van der Waals surface area contributed by atoms with Gasteiger partial charge in [-0.25, -0.2) is 4.90 Å². The molecule has 2 saturated heterocycles. The van der Waals surface area contributed by atoms with Gasteiger partial charge >= 0.3 is 0 Å². The fourth-order valence-electron chi connectivity index (χ4n) is 4.97. The Kier molecular flexibility index (Phi) is 3.42. The highest BCUT2D eigenvalue weighted by molar-refractivity contribution is 6.26. The second kappa shape index (κ2) is 5.65. The van der Waals surface area contributed by atoms with Crippen LogP contribution in [0.1, 0.15) is 12.5 Å². The Morgan fingerprint density at radius 1 is 1.00 bits per heavy atom. The summed E-state index contributed by atoms with van der Waals surface area (Å²) in [7, 11) is 1.50.